The maximum absolute atomic E-state index is 12.2. The Balaban J connectivity index is 2.51. The minimum absolute atomic E-state index is 0.325. The zero-order chi connectivity index (χ0) is 16.2. The third-order valence-corrected chi connectivity index (χ3v) is 4.96. The lowest BCUT2D eigenvalue weighted by molar-refractivity contribution is -0.114. The maximum Gasteiger partial charge on any atom is 0.130 e. The number of rotatable bonds is 7. The highest BCUT2D eigenvalue weighted by Crippen LogP contribution is 2.37. The van der Waals surface area contributed by atoms with Crippen molar-refractivity contribution in [1.29, 1.82) is 0 Å². The topological polar surface area (TPSA) is 20.3 Å². The highest BCUT2D eigenvalue weighted by atomic mass is 16.1. The number of aldehydes is 1. The second-order valence-electron chi connectivity index (χ2n) is 6.58. The van der Waals surface area contributed by atoms with Crippen LogP contribution in [0.5, 0.6) is 0 Å². The van der Waals surface area contributed by atoms with E-state index in [2.05, 4.69) is 75.3 Å². The first-order valence-corrected chi connectivity index (χ1v) is 8.14. The van der Waals surface area contributed by atoms with Crippen molar-refractivity contribution in [3.05, 3.63) is 48.0 Å². The van der Waals surface area contributed by atoms with Crippen LogP contribution < -0.4 is 0 Å². The highest BCUT2D eigenvalue weighted by molar-refractivity contribution is 5.84. The quantitative estimate of drug-likeness (QED) is 0.711. The molecule has 2 heteroatoms. The van der Waals surface area contributed by atoms with Gasteiger partial charge in [-0.05, 0) is 49.3 Å². The van der Waals surface area contributed by atoms with Crippen LogP contribution in [0, 0.1) is 5.92 Å². The minimum atomic E-state index is -0.400. The summed E-state index contributed by atoms with van der Waals surface area (Å²) < 4.78 is 0. The van der Waals surface area contributed by atoms with Gasteiger partial charge in [0.15, 0.2) is 0 Å². The smallest absolute Gasteiger partial charge is 0.130 e. The molecule has 118 valence electrons. The van der Waals surface area contributed by atoms with Crippen LogP contribution in [0.1, 0.15) is 32.3 Å². The van der Waals surface area contributed by atoms with Crippen molar-refractivity contribution in [1.82, 2.24) is 4.90 Å². The molecule has 0 bridgehead atoms. The largest absolute Gasteiger partial charge is 0.309 e. The molecular formula is C20H27NO. The molecule has 2 atom stereocenters. The van der Waals surface area contributed by atoms with E-state index in [4.69, 9.17) is 0 Å². The molecule has 0 N–H and O–H groups in total. The van der Waals surface area contributed by atoms with Crippen molar-refractivity contribution in [3.8, 4) is 0 Å². The molecule has 0 saturated heterocycles. The Hall–Kier alpha value is -1.67. The first-order chi connectivity index (χ1) is 10.5. The van der Waals surface area contributed by atoms with E-state index in [1.165, 1.54) is 17.1 Å². The van der Waals surface area contributed by atoms with Crippen LogP contribution in [0.2, 0.25) is 0 Å². The van der Waals surface area contributed by atoms with Crippen molar-refractivity contribution in [2.45, 2.75) is 32.1 Å². The fourth-order valence-electron chi connectivity index (χ4n) is 3.17. The maximum atomic E-state index is 12.2. The van der Waals surface area contributed by atoms with Crippen molar-refractivity contribution in [2.75, 3.05) is 20.6 Å². The number of benzene rings is 2. The molecule has 2 rings (SSSR count). The molecule has 0 amide bonds. The first-order valence-electron chi connectivity index (χ1n) is 8.14. The molecule has 2 aromatic rings. The van der Waals surface area contributed by atoms with E-state index in [9.17, 15) is 4.79 Å². The number of nitrogens with zero attached hydrogens (tertiary/aromatic N) is 1. The Morgan fingerprint density at radius 1 is 1.14 bits per heavy atom. The average molecular weight is 297 g/mol. The van der Waals surface area contributed by atoms with E-state index < -0.39 is 5.41 Å². The van der Waals surface area contributed by atoms with Crippen LogP contribution in [-0.2, 0) is 10.2 Å². The molecule has 0 saturated carbocycles. The highest BCUT2D eigenvalue weighted by Gasteiger charge is 2.36. The van der Waals surface area contributed by atoms with Crippen LogP contribution in [0.3, 0.4) is 0 Å². The molecule has 0 heterocycles. The fourth-order valence-corrected chi connectivity index (χ4v) is 3.17. The van der Waals surface area contributed by atoms with E-state index in [1.807, 2.05) is 0 Å². The molecule has 2 aromatic carbocycles. The summed E-state index contributed by atoms with van der Waals surface area (Å²) in [4.78, 5) is 14.3. The molecule has 0 unspecified atom stereocenters. The van der Waals surface area contributed by atoms with Crippen LogP contribution in [0.15, 0.2) is 42.5 Å². The van der Waals surface area contributed by atoms with Crippen LogP contribution in [-0.4, -0.2) is 31.8 Å². The van der Waals surface area contributed by atoms with Crippen LogP contribution in [0.25, 0.3) is 10.8 Å². The summed E-state index contributed by atoms with van der Waals surface area (Å²) in [6.07, 6.45) is 3.05. The van der Waals surface area contributed by atoms with Crippen molar-refractivity contribution in [3.63, 3.8) is 0 Å². The zero-order valence-electron chi connectivity index (χ0n) is 14.2. The van der Waals surface area contributed by atoms with Gasteiger partial charge in [0.25, 0.3) is 0 Å². The van der Waals surface area contributed by atoms with Gasteiger partial charge in [0.2, 0.25) is 0 Å². The number of carbonyl (C=O) groups excluding carboxylic acids is 1. The summed E-state index contributed by atoms with van der Waals surface area (Å²) in [5.74, 6) is 0.325. The number of hydrogen-bond acceptors (Lipinski definition) is 2. The van der Waals surface area contributed by atoms with Gasteiger partial charge in [-0.15, -0.1) is 0 Å². The lowest BCUT2D eigenvalue weighted by atomic mass is 9.68. The van der Waals surface area contributed by atoms with Crippen molar-refractivity contribution < 1.29 is 4.79 Å². The van der Waals surface area contributed by atoms with Crippen LogP contribution >= 0.6 is 0 Å². The monoisotopic (exact) mass is 297 g/mol. The van der Waals surface area contributed by atoms with Gasteiger partial charge in [0, 0.05) is 0 Å². The summed E-state index contributed by atoms with van der Waals surface area (Å²) in [7, 11) is 4.12. The molecule has 0 aliphatic rings. The molecule has 0 aromatic heterocycles. The average Bonchev–Trinajstić information content (AvgIpc) is 2.55. The van der Waals surface area contributed by atoms with Gasteiger partial charge in [0.1, 0.15) is 6.29 Å². The molecule has 0 aliphatic carbocycles. The Morgan fingerprint density at radius 2 is 1.82 bits per heavy atom. The van der Waals surface area contributed by atoms with E-state index in [0.717, 1.165) is 24.9 Å². The third kappa shape index (κ3) is 3.22. The summed E-state index contributed by atoms with van der Waals surface area (Å²) in [5.41, 5.74) is 0.751. The summed E-state index contributed by atoms with van der Waals surface area (Å²) >= 11 is 0. The van der Waals surface area contributed by atoms with Gasteiger partial charge in [-0.25, -0.2) is 0 Å². The summed E-state index contributed by atoms with van der Waals surface area (Å²) in [5, 5.41) is 2.43. The van der Waals surface area contributed by atoms with Gasteiger partial charge in [0.05, 0.1) is 5.41 Å². The Morgan fingerprint density at radius 3 is 2.41 bits per heavy atom. The second kappa shape index (κ2) is 7.06. The lowest BCUT2D eigenvalue weighted by Gasteiger charge is -2.35. The SMILES string of the molecule is CC[C@@H](C)[C@@](C=O)(CCN(C)C)c1ccc2ccccc2c1. The molecule has 0 spiro atoms. The molecule has 0 radical (unpaired) electrons. The fraction of sp³-hybridized carbons (Fsp3) is 0.450. The third-order valence-electron chi connectivity index (χ3n) is 4.96. The Bertz CT molecular complexity index is 634. The van der Waals surface area contributed by atoms with Crippen molar-refractivity contribution in [2.24, 2.45) is 5.92 Å². The standard InChI is InChI=1S/C20H27NO/c1-5-16(2)20(15-22,12-13-21(3)4)19-11-10-17-8-6-7-9-18(17)14-19/h6-11,14-16H,5,12-13H2,1-4H3/t16-,20+/m1/s1. The van der Waals surface area contributed by atoms with Gasteiger partial charge in [-0.2, -0.15) is 0 Å². The van der Waals surface area contributed by atoms with E-state index in [1.54, 1.807) is 0 Å². The van der Waals surface area contributed by atoms with Gasteiger partial charge < -0.3 is 9.69 Å². The molecule has 2 nitrogen and oxygen atoms in total. The molecule has 22 heavy (non-hydrogen) atoms. The lowest BCUT2D eigenvalue weighted by Crippen LogP contribution is -2.38. The van der Waals surface area contributed by atoms with Crippen LogP contribution in [0.4, 0.5) is 0 Å². The van der Waals surface area contributed by atoms with Gasteiger partial charge in [-0.1, -0.05) is 62.7 Å². The Kier molecular flexibility index (Phi) is 5.36. The van der Waals surface area contributed by atoms with Gasteiger partial charge in [-0.3, -0.25) is 0 Å². The molecule has 0 fully saturated rings. The first kappa shape index (κ1) is 16.7. The summed E-state index contributed by atoms with van der Waals surface area (Å²) in [6.45, 7) is 5.27. The van der Waals surface area contributed by atoms with E-state index >= 15 is 0 Å². The molecule has 0 aliphatic heterocycles. The number of hydrogen-bond donors (Lipinski definition) is 0. The zero-order valence-corrected chi connectivity index (χ0v) is 14.2. The van der Waals surface area contributed by atoms with Crippen molar-refractivity contribution >= 4 is 17.1 Å². The minimum Gasteiger partial charge on any atom is -0.309 e. The summed E-state index contributed by atoms with van der Waals surface area (Å²) in [6, 6.07) is 14.8. The van der Waals surface area contributed by atoms with Gasteiger partial charge >= 0.3 is 0 Å². The number of fused-ring (bicyclic) bond motifs is 1. The molecular weight excluding hydrogens is 270 g/mol. The Labute approximate surface area is 134 Å². The predicted molar refractivity (Wildman–Crippen MR) is 94.3 cm³/mol. The predicted octanol–water partition coefficient (Wildman–Crippen LogP) is 4.27. The number of carbonyl (C=O) groups is 1. The van der Waals surface area contributed by atoms with E-state index in [-0.39, 0.29) is 0 Å². The van der Waals surface area contributed by atoms with E-state index in [0.29, 0.717) is 5.92 Å². The second-order valence-corrected chi connectivity index (χ2v) is 6.58. The normalized spacial score (nSPS) is 15.7.